The molecule has 0 bridgehead atoms. The monoisotopic (exact) mass is 153 g/mol. The minimum atomic E-state index is -0.204. The van der Waals surface area contributed by atoms with Crippen molar-refractivity contribution in [3.05, 3.63) is 24.4 Å². The fraction of sp³-hybridized carbons (Fsp3) is 0.375. The Labute approximate surface area is 65.9 Å². The van der Waals surface area contributed by atoms with Crippen molar-refractivity contribution in [1.82, 2.24) is 4.90 Å². The van der Waals surface area contributed by atoms with Crippen molar-refractivity contribution in [3.8, 4) is 0 Å². The van der Waals surface area contributed by atoms with Gasteiger partial charge in [0.2, 0.25) is 0 Å². The van der Waals surface area contributed by atoms with Crippen molar-refractivity contribution < 1.29 is 9.53 Å². The van der Waals surface area contributed by atoms with Crippen molar-refractivity contribution in [2.75, 3.05) is 20.2 Å². The Kier molecular flexibility index (Phi) is 2.72. The molecule has 1 rings (SSSR count). The Balaban J connectivity index is 2.33. The van der Waals surface area contributed by atoms with Crippen molar-refractivity contribution in [1.29, 1.82) is 0 Å². The van der Waals surface area contributed by atoms with Crippen LogP contribution in [0.4, 0.5) is 0 Å². The van der Waals surface area contributed by atoms with Gasteiger partial charge in [-0.05, 0) is 12.3 Å². The van der Waals surface area contributed by atoms with Gasteiger partial charge < -0.3 is 9.64 Å². The third-order valence-electron chi connectivity index (χ3n) is 1.44. The number of rotatable bonds is 2. The zero-order valence-electron chi connectivity index (χ0n) is 6.49. The van der Waals surface area contributed by atoms with Gasteiger partial charge in [-0.2, -0.15) is 0 Å². The zero-order valence-corrected chi connectivity index (χ0v) is 6.49. The van der Waals surface area contributed by atoms with Gasteiger partial charge in [0.1, 0.15) is 6.54 Å². The predicted octanol–water partition coefficient (Wildman–Crippen LogP) is 0.545. The zero-order chi connectivity index (χ0) is 8.10. The summed E-state index contributed by atoms with van der Waals surface area (Å²) in [5.41, 5.74) is 0. The minimum Gasteiger partial charge on any atom is -0.468 e. The average Bonchev–Trinajstić information content (AvgIpc) is 2.06. The molecule has 0 amide bonds. The highest BCUT2D eigenvalue weighted by molar-refractivity contribution is 5.71. The molecular weight excluding hydrogens is 142 g/mol. The molecule has 1 heterocycles. The maximum atomic E-state index is 10.8. The largest absolute Gasteiger partial charge is 0.468 e. The van der Waals surface area contributed by atoms with Crippen LogP contribution in [0.2, 0.25) is 0 Å². The highest BCUT2D eigenvalue weighted by atomic mass is 16.5. The third-order valence-corrected chi connectivity index (χ3v) is 1.44. The quantitative estimate of drug-likeness (QED) is 0.542. The molecule has 0 aromatic carbocycles. The first-order chi connectivity index (χ1) is 5.33. The van der Waals surface area contributed by atoms with Gasteiger partial charge in [-0.3, -0.25) is 4.79 Å². The molecule has 60 valence electrons. The van der Waals surface area contributed by atoms with Crippen LogP contribution < -0.4 is 0 Å². The van der Waals surface area contributed by atoms with E-state index in [1.165, 1.54) is 7.11 Å². The van der Waals surface area contributed by atoms with E-state index in [-0.39, 0.29) is 5.97 Å². The topological polar surface area (TPSA) is 29.5 Å². The normalized spacial score (nSPS) is 15.2. The summed E-state index contributed by atoms with van der Waals surface area (Å²) in [7, 11) is 1.39. The van der Waals surface area contributed by atoms with Crippen molar-refractivity contribution >= 4 is 5.97 Å². The summed E-state index contributed by atoms with van der Waals surface area (Å²) in [6, 6.07) is 0. The summed E-state index contributed by atoms with van der Waals surface area (Å²) in [6.45, 7) is 1.11. The van der Waals surface area contributed by atoms with Crippen LogP contribution in [0.25, 0.3) is 0 Å². The summed E-state index contributed by atoms with van der Waals surface area (Å²) in [5.74, 6) is -0.204. The van der Waals surface area contributed by atoms with Gasteiger partial charge in [-0.15, -0.1) is 0 Å². The highest BCUT2D eigenvalue weighted by Gasteiger charge is 2.05. The van der Waals surface area contributed by atoms with Crippen LogP contribution in [0, 0.1) is 0 Å². The Morgan fingerprint density at radius 2 is 2.45 bits per heavy atom. The van der Waals surface area contributed by atoms with Crippen LogP contribution in [0.3, 0.4) is 0 Å². The molecule has 0 spiro atoms. The molecule has 3 heteroatoms. The standard InChI is InChI=1S/C8H11NO2/c1-11-8(10)7-9-5-3-2-4-6-9/h2-5H,6-7H2,1H3. The number of ether oxygens (including phenoxy) is 1. The van der Waals surface area contributed by atoms with E-state index in [9.17, 15) is 4.79 Å². The summed E-state index contributed by atoms with van der Waals surface area (Å²) in [4.78, 5) is 12.6. The molecule has 3 nitrogen and oxygen atoms in total. The van der Waals surface area contributed by atoms with E-state index >= 15 is 0 Å². The summed E-state index contributed by atoms with van der Waals surface area (Å²) < 4.78 is 4.51. The molecule has 0 aliphatic carbocycles. The van der Waals surface area contributed by atoms with Gasteiger partial charge in [0.25, 0.3) is 0 Å². The second kappa shape index (κ2) is 3.81. The number of esters is 1. The van der Waals surface area contributed by atoms with Crippen molar-refractivity contribution in [2.45, 2.75) is 0 Å². The first-order valence-corrected chi connectivity index (χ1v) is 3.47. The Morgan fingerprint density at radius 1 is 1.64 bits per heavy atom. The van der Waals surface area contributed by atoms with Crippen LogP contribution >= 0.6 is 0 Å². The lowest BCUT2D eigenvalue weighted by molar-refractivity contribution is -0.141. The maximum absolute atomic E-state index is 10.8. The van der Waals surface area contributed by atoms with Crippen LogP contribution in [-0.4, -0.2) is 31.1 Å². The lowest BCUT2D eigenvalue weighted by Crippen LogP contribution is -2.26. The van der Waals surface area contributed by atoms with E-state index in [4.69, 9.17) is 0 Å². The number of allylic oxidation sites excluding steroid dienone is 2. The highest BCUT2D eigenvalue weighted by Crippen LogP contribution is 1.97. The molecule has 1 aliphatic rings. The Morgan fingerprint density at radius 3 is 3.00 bits per heavy atom. The molecule has 0 atom stereocenters. The van der Waals surface area contributed by atoms with Gasteiger partial charge >= 0.3 is 5.97 Å². The molecule has 11 heavy (non-hydrogen) atoms. The molecule has 0 saturated heterocycles. The van der Waals surface area contributed by atoms with E-state index in [0.29, 0.717) is 6.54 Å². The van der Waals surface area contributed by atoms with Crippen molar-refractivity contribution in [3.63, 3.8) is 0 Å². The molecule has 0 aromatic rings. The molecule has 0 fully saturated rings. The van der Waals surface area contributed by atoms with E-state index in [0.717, 1.165) is 6.54 Å². The second-order valence-corrected chi connectivity index (χ2v) is 2.28. The number of methoxy groups -OCH3 is 1. The lowest BCUT2D eigenvalue weighted by atomic mass is 10.3. The Hall–Kier alpha value is -1.25. The number of hydrogen-bond donors (Lipinski definition) is 0. The number of hydrogen-bond acceptors (Lipinski definition) is 3. The second-order valence-electron chi connectivity index (χ2n) is 2.28. The van der Waals surface area contributed by atoms with Crippen LogP contribution in [-0.2, 0) is 9.53 Å². The fourth-order valence-corrected chi connectivity index (χ4v) is 0.855. The van der Waals surface area contributed by atoms with Crippen LogP contribution in [0.5, 0.6) is 0 Å². The molecule has 0 unspecified atom stereocenters. The molecule has 0 saturated carbocycles. The summed E-state index contributed by atoms with van der Waals surface area (Å²) >= 11 is 0. The van der Waals surface area contributed by atoms with Crippen LogP contribution in [0.1, 0.15) is 0 Å². The molecular formula is C8H11NO2. The summed E-state index contributed by atoms with van der Waals surface area (Å²) in [6.07, 6.45) is 7.71. The molecule has 0 aromatic heterocycles. The van der Waals surface area contributed by atoms with E-state index in [2.05, 4.69) is 4.74 Å². The van der Waals surface area contributed by atoms with Gasteiger partial charge in [0.15, 0.2) is 0 Å². The van der Waals surface area contributed by atoms with E-state index in [1.807, 2.05) is 29.3 Å². The summed E-state index contributed by atoms with van der Waals surface area (Å²) in [5, 5.41) is 0. The van der Waals surface area contributed by atoms with Gasteiger partial charge in [0, 0.05) is 6.54 Å². The first kappa shape index (κ1) is 7.85. The molecule has 0 N–H and O–H groups in total. The Bertz CT molecular complexity index is 196. The van der Waals surface area contributed by atoms with Crippen LogP contribution in [0.15, 0.2) is 24.4 Å². The lowest BCUT2D eigenvalue weighted by Gasteiger charge is -2.18. The number of carbonyl (C=O) groups excluding carboxylic acids is 1. The predicted molar refractivity (Wildman–Crippen MR) is 41.9 cm³/mol. The minimum absolute atomic E-state index is 0.204. The molecule has 1 aliphatic heterocycles. The number of carbonyl (C=O) groups is 1. The van der Waals surface area contributed by atoms with Gasteiger partial charge in [-0.25, -0.2) is 0 Å². The van der Waals surface area contributed by atoms with Gasteiger partial charge in [0.05, 0.1) is 7.11 Å². The van der Waals surface area contributed by atoms with Crippen molar-refractivity contribution in [2.24, 2.45) is 0 Å². The van der Waals surface area contributed by atoms with Gasteiger partial charge in [-0.1, -0.05) is 12.2 Å². The van der Waals surface area contributed by atoms with E-state index in [1.54, 1.807) is 0 Å². The SMILES string of the molecule is COC(=O)CN1C=CC=CC1. The maximum Gasteiger partial charge on any atom is 0.325 e. The van der Waals surface area contributed by atoms with E-state index < -0.39 is 0 Å². The third kappa shape index (κ3) is 2.45. The first-order valence-electron chi connectivity index (χ1n) is 3.47. The number of nitrogens with zero attached hydrogens (tertiary/aromatic N) is 1. The fourth-order valence-electron chi connectivity index (χ4n) is 0.855. The molecule has 0 radical (unpaired) electrons. The smallest absolute Gasteiger partial charge is 0.325 e. The average molecular weight is 153 g/mol.